The van der Waals surface area contributed by atoms with Gasteiger partial charge in [-0.2, -0.15) is 5.10 Å². The van der Waals surface area contributed by atoms with Crippen LogP contribution in [0.3, 0.4) is 0 Å². The maximum atomic E-state index is 4.49. The van der Waals surface area contributed by atoms with Gasteiger partial charge in [0.05, 0.1) is 12.2 Å². The lowest BCUT2D eigenvalue weighted by Gasteiger charge is -2.15. The van der Waals surface area contributed by atoms with Gasteiger partial charge in [0.1, 0.15) is 0 Å². The van der Waals surface area contributed by atoms with E-state index in [2.05, 4.69) is 36.7 Å². The minimum atomic E-state index is 0.598. The molecule has 1 aliphatic rings. The van der Waals surface area contributed by atoms with Crippen molar-refractivity contribution in [3.8, 4) is 0 Å². The fourth-order valence-corrected chi connectivity index (χ4v) is 2.35. The van der Waals surface area contributed by atoms with Crippen LogP contribution in [0.5, 0.6) is 0 Å². The lowest BCUT2D eigenvalue weighted by molar-refractivity contribution is 0.374. The van der Waals surface area contributed by atoms with Crippen LogP contribution in [0.4, 0.5) is 0 Å². The summed E-state index contributed by atoms with van der Waals surface area (Å²) >= 11 is 0. The molecule has 0 aromatic carbocycles. The third-order valence-electron chi connectivity index (χ3n) is 3.44. The van der Waals surface area contributed by atoms with Crippen molar-refractivity contribution in [1.29, 1.82) is 0 Å². The first-order valence-corrected chi connectivity index (χ1v) is 5.72. The van der Waals surface area contributed by atoms with Gasteiger partial charge in [-0.25, -0.2) is 0 Å². The molecule has 2 rings (SSSR count). The van der Waals surface area contributed by atoms with Crippen molar-refractivity contribution >= 4 is 0 Å². The summed E-state index contributed by atoms with van der Waals surface area (Å²) in [5.41, 5.74) is 1.36. The van der Waals surface area contributed by atoms with Crippen LogP contribution in [0, 0.1) is 5.92 Å². The van der Waals surface area contributed by atoms with E-state index in [1.807, 2.05) is 6.20 Å². The SMILES string of the molecule is CC(C)c1cnn(C2CCCC2C)c1. The van der Waals surface area contributed by atoms with Crippen molar-refractivity contribution in [2.45, 2.75) is 52.0 Å². The topological polar surface area (TPSA) is 17.8 Å². The van der Waals surface area contributed by atoms with E-state index in [-0.39, 0.29) is 0 Å². The first-order chi connectivity index (χ1) is 6.68. The Hall–Kier alpha value is -0.790. The Morgan fingerprint density at radius 1 is 1.43 bits per heavy atom. The quantitative estimate of drug-likeness (QED) is 0.702. The first kappa shape index (κ1) is 9.75. The van der Waals surface area contributed by atoms with Gasteiger partial charge < -0.3 is 0 Å². The molecule has 14 heavy (non-hydrogen) atoms. The van der Waals surface area contributed by atoms with Crippen LogP contribution in [0.2, 0.25) is 0 Å². The van der Waals surface area contributed by atoms with Crippen molar-refractivity contribution in [3.63, 3.8) is 0 Å². The van der Waals surface area contributed by atoms with E-state index in [1.165, 1.54) is 24.8 Å². The lowest BCUT2D eigenvalue weighted by Crippen LogP contribution is -2.11. The van der Waals surface area contributed by atoms with Crippen LogP contribution in [0.15, 0.2) is 12.4 Å². The van der Waals surface area contributed by atoms with E-state index < -0.39 is 0 Å². The van der Waals surface area contributed by atoms with E-state index >= 15 is 0 Å². The maximum Gasteiger partial charge on any atom is 0.0544 e. The molecule has 0 spiro atoms. The summed E-state index contributed by atoms with van der Waals surface area (Å²) < 4.78 is 2.19. The van der Waals surface area contributed by atoms with Crippen LogP contribution in [-0.2, 0) is 0 Å². The Kier molecular flexibility index (Phi) is 2.62. The molecule has 2 atom stereocenters. The smallest absolute Gasteiger partial charge is 0.0544 e. The van der Waals surface area contributed by atoms with Gasteiger partial charge >= 0.3 is 0 Å². The van der Waals surface area contributed by atoms with Gasteiger partial charge in [-0.15, -0.1) is 0 Å². The van der Waals surface area contributed by atoms with Crippen molar-refractivity contribution in [1.82, 2.24) is 9.78 Å². The summed E-state index contributed by atoms with van der Waals surface area (Å²) in [4.78, 5) is 0. The highest BCUT2D eigenvalue weighted by Crippen LogP contribution is 2.35. The fraction of sp³-hybridized carbons (Fsp3) is 0.750. The minimum absolute atomic E-state index is 0.598. The monoisotopic (exact) mass is 192 g/mol. The van der Waals surface area contributed by atoms with E-state index in [4.69, 9.17) is 0 Å². The molecule has 1 saturated carbocycles. The molecule has 0 N–H and O–H groups in total. The van der Waals surface area contributed by atoms with Gasteiger partial charge in [-0.05, 0) is 30.2 Å². The normalized spacial score (nSPS) is 27.4. The van der Waals surface area contributed by atoms with Crippen LogP contribution in [0.1, 0.15) is 57.6 Å². The molecule has 2 unspecified atom stereocenters. The van der Waals surface area contributed by atoms with Crippen LogP contribution in [-0.4, -0.2) is 9.78 Å². The van der Waals surface area contributed by atoms with E-state index in [0.29, 0.717) is 12.0 Å². The number of nitrogens with zero attached hydrogens (tertiary/aromatic N) is 2. The van der Waals surface area contributed by atoms with Crippen molar-refractivity contribution in [3.05, 3.63) is 18.0 Å². The average Bonchev–Trinajstić information content (AvgIpc) is 2.71. The van der Waals surface area contributed by atoms with Gasteiger partial charge in [-0.1, -0.05) is 27.2 Å². The largest absolute Gasteiger partial charge is 0.269 e. The zero-order valence-corrected chi connectivity index (χ0v) is 9.40. The second-order valence-electron chi connectivity index (χ2n) is 4.88. The van der Waals surface area contributed by atoms with Crippen LogP contribution < -0.4 is 0 Å². The molecular weight excluding hydrogens is 172 g/mol. The third kappa shape index (κ3) is 1.70. The van der Waals surface area contributed by atoms with Crippen molar-refractivity contribution in [2.24, 2.45) is 5.92 Å². The summed E-state index contributed by atoms with van der Waals surface area (Å²) in [5, 5.41) is 4.49. The lowest BCUT2D eigenvalue weighted by atomic mass is 10.1. The Bertz CT molecular complexity index is 301. The fourth-order valence-electron chi connectivity index (χ4n) is 2.35. The Morgan fingerprint density at radius 2 is 2.21 bits per heavy atom. The zero-order chi connectivity index (χ0) is 10.1. The molecule has 2 nitrogen and oxygen atoms in total. The predicted octanol–water partition coefficient (Wildman–Crippen LogP) is 3.37. The number of hydrogen-bond donors (Lipinski definition) is 0. The molecule has 1 heterocycles. The summed E-state index contributed by atoms with van der Waals surface area (Å²) in [5.74, 6) is 1.40. The number of hydrogen-bond acceptors (Lipinski definition) is 1. The minimum Gasteiger partial charge on any atom is -0.269 e. The predicted molar refractivity (Wildman–Crippen MR) is 58.4 cm³/mol. The Morgan fingerprint density at radius 3 is 2.71 bits per heavy atom. The van der Waals surface area contributed by atoms with Gasteiger partial charge in [0, 0.05) is 6.20 Å². The Labute approximate surface area is 86.3 Å². The second-order valence-corrected chi connectivity index (χ2v) is 4.88. The molecule has 0 bridgehead atoms. The molecule has 0 aliphatic heterocycles. The second kappa shape index (κ2) is 3.76. The van der Waals surface area contributed by atoms with E-state index in [9.17, 15) is 0 Å². The van der Waals surface area contributed by atoms with E-state index in [0.717, 1.165) is 5.92 Å². The molecule has 0 radical (unpaired) electrons. The highest BCUT2D eigenvalue weighted by atomic mass is 15.3. The van der Waals surface area contributed by atoms with Crippen LogP contribution in [0.25, 0.3) is 0 Å². The molecule has 2 heteroatoms. The van der Waals surface area contributed by atoms with Gasteiger partial charge in [0.2, 0.25) is 0 Å². The first-order valence-electron chi connectivity index (χ1n) is 5.72. The van der Waals surface area contributed by atoms with Crippen LogP contribution >= 0.6 is 0 Å². The van der Waals surface area contributed by atoms with Gasteiger partial charge in [-0.3, -0.25) is 4.68 Å². The summed E-state index contributed by atoms with van der Waals surface area (Å²) in [7, 11) is 0. The Balaban J connectivity index is 2.16. The average molecular weight is 192 g/mol. The number of aromatic nitrogens is 2. The molecule has 0 amide bonds. The summed E-state index contributed by atoms with van der Waals surface area (Å²) in [6.45, 7) is 6.78. The molecule has 0 saturated heterocycles. The van der Waals surface area contributed by atoms with Crippen molar-refractivity contribution in [2.75, 3.05) is 0 Å². The van der Waals surface area contributed by atoms with E-state index in [1.54, 1.807) is 0 Å². The van der Waals surface area contributed by atoms with Crippen molar-refractivity contribution < 1.29 is 0 Å². The summed E-state index contributed by atoms with van der Waals surface area (Å²) in [6, 6.07) is 0.655. The standard InChI is InChI=1S/C12H20N2/c1-9(2)11-7-13-14(8-11)12-6-4-5-10(12)3/h7-10,12H,4-6H2,1-3H3. The highest BCUT2D eigenvalue weighted by molar-refractivity contribution is 5.09. The number of rotatable bonds is 2. The molecular formula is C12H20N2. The molecule has 1 aromatic rings. The highest BCUT2D eigenvalue weighted by Gasteiger charge is 2.25. The van der Waals surface area contributed by atoms with Gasteiger partial charge in [0.15, 0.2) is 0 Å². The summed E-state index contributed by atoms with van der Waals surface area (Å²) in [6.07, 6.45) is 8.29. The van der Waals surface area contributed by atoms with Gasteiger partial charge in [0.25, 0.3) is 0 Å². The maximum absolute atomic E-state index is 4.49. The third-order valence-corrected chi connectivity index (χ3v) is 3.44. The zero-order valence-electron chi connectivity index (χ0n) is 9.40. The molecule has 1 aromatic heterocycles. The molecule has 78 valence electrons. The molecule has 1 aliphatic carbocycles. The molecule has 1 fully saturated rings.